The average Bonchev–Trinajstić information content (AvgIpc) is 2.71. The summed E-state index contributed by atoms with van der Waals surface area (Å²) in [6.07, 6.45) is 0. The molecule has 5 N–H and O–H groups in total. The summed E-state index contributed by atoms with van der Waals surface area (Å²) in [7, 11) is 0. The number of nitrogens with zero attached hydrogens (tertiary/aromatic N) is 7. The summed E-state index contributed by atoms with van der Waals surface area (Å²) in [5.74, 6) is -0.346. The number of nitrogen functional groups attached to an aromatic ring is 2. The summed E-state index contributed by atoms with van der Waals surface area (Å²) in [4.78, 5) is 22.0. The van der Waals surface area contributed by atoms with Gasteiger partial charge in [0.15, 0.2) is 0 Å². The molecule has 0 saturated heterocycles. The quantitative estimate of drug-likeness (QED) is 0.539. The molecule has 0 saturated carbocycles. The van der Waals surface area contributed by atoms with Crippen LogP contribution in [-0.2, 0) is 17.1 Å². The number of aromatic nitrogens is 7. The van der Waals surface area contributed by atoms with Crippen LogP contribution in [0.15, 0.2) is 5.16 Å². The number of anilines is 2. The van der Waals surface area contributed by atoms with Gasteiger partial charge in [-0.1, -0.05) is 11.8 Å². The van der Waals surface area contributed by atoms with Crippen molar-refractivity contribution < 1.29 is 9.90 Å². The van der Waals surface area contributed by atoms with Gasteiger partial charge in [0.2, 0.25) is 17.1 Å². The van der Waals surface area contributed by atoms with Crippen LogP contribution in [0, 0.1) is 0 Å². The van der Waals surface area contributed by atoms with Crippen LogP contribution in [0.4, 0.5) is 11.9 Å². The molecular weight excluding hydrogens is 274 g/mol. The van der Waals surface area contributed by atoms with E-state index in [-0.39, 0.29) is 24.2 Å². The third-order valence-corrected chi connectivity index (χ3v) is 2.78. The molecule has 0 unspecified atom stereocenters. The fraction of sp³-hybridized carbons (Fsp3) is 0.286. The number of nitrogens with two attached hydrogens (primary N) is 2. The number of tetrazole rings is 1. The molecule has 2 aromatic rings. The molecule has 11 nitrogen and oxygen atoms in total. The molecule has 0 bridgehead atoms. The zero-order valence-corrected chi connectivity index (χ0v) is 10.3. The number of carboxylic acids is 1. The lowest BCUT2D eigenvalue weighted by atomic mass is 10.7. The van der Waals surface area contributed by atoms with Gasteiger partial charge in [0, 0.05) is 0 Å². The maximum absolute atomic E-state index is 10.6. The van der Waals surface area contributed by atoms with Gasteiger partial charge in [-0.2, -0.15) is 15.0 Å². The van der Waals surface area contributed by atoms with E-state index in [0.717, 1.165) is 4.68 Å². The average molecular weight is 283 g/mol. The molecule has 0 spiro atoms. The highest BCUT2D eigenvalue weighted by molar-refractivity contribution is 7.98. The second-order valence-electron chi connectivity index (χ2n) is 3.27. The summed E-state index contributed by atoms with van der Waals surface area (Å²) in [5, 5.41) is 19.7. The van der Waals surface area contributed by atoms with Crippen LogP contribution >= 0.6 is 11.8 Å². The zero-order valence-electron chi connectivity index (χ0n) is 9.46. The van der Waals surface area contributed by atoms with Crippen molar-refractivity contribution in [1.29, 1.82) is 0 Å². The van der Waals surface area contributed by atoms with Crippen molar-refractivity contribution >= 4 is 29.6 Å². The van der Waals surface area contributed by atoms with Crippen LogP contribution in [0.5, 0.6) is 0 Å². The van der Waals surface area contributed by atoms with Crippen molar-refractivity contribution in [2.75, 3.05) is 11.5 Å². The second-order valence-corrected chi connectivity index (χ2v) is 4.21. The molecule has 2 rings (SSSR count). The van der Waals surface area contributed by atoms with E-state index in [9.17, 15) is 4.79 Å². The molecule has 0 aliphatic carbocycles. The van der Waals surface area contributed by atoms with E-state index in [1.54, 1.807) is 0 Å². The molecule has 2 heterocycles. The predicted molar refractivity (Wildman–Crippen MR) is 63.7 cm³/mol. The molecule has 0 radical (unpaired) electrons. The maximum Gasteiger partial charge on any atom is 0.325 e. The SMILES string of the molecule is Nc1nc(N)nc(CSc2nnnn2CC(=O)O)n1. The molecule has 0 amide bonds. The number of hydrogen-bond donors (Lipinski definition) is 3. The Morgan fingerprint density at radius 2 is 1.95 bits per heavy atom. The molecule has 100 valence electrons. The molecule has 2 aromatic heterocycles. The Balaban J connectivity index is 2.06. The van der Waals surface area contributed by atoms with Crippen LogP contribution < -0.4 is 11.5 Å². The monoisotopic (exact) mass is 283 g/mol. The minimum absolute atomic E-state index is 0.0215. The Bertz CT molecular complexity index is 580. The molecule has 19 heavy (non-hydrogen) atoms. The Kier molecular flexibility index (Phi) is 3.70. The molecule has 0 aliphatic rings. The third-order valence-electron chi connectivity index (χ3n) is 1.83. The van der Waals surface area contributed by atoms with Gasteiger partial charge >= 0.3 is 5.97 Å². The summed E-state index contributed by atoms with van der Waals surface area (Å²) in [6, 6.07) is 0. The maximum atomic E-state index is 10.6. The fourth-order valence-electron chi connectivity index (χ4n) is 1.18. The van der Waals surface area contributed by atoms with Crippen molar-refractivity contribution in [3.05, 3.63) is 5.82 Å². The Hall–Kier alpha value is -2.50. The first-order valence-corrected chi connectivity index (χ1v) is 5.90. The van der Waals surface area contributed by atoms with Gasteiger partial charge in [0.1, 0.15) is 12.4 Å². The van der Waals surface area contributed by atoms with E-state index in [0.29, 0.717) is 11.0 Å². The largest absolute Gasteiger partial charge is 0.480 e. The number of hydrogen-bond acceptors (Lipinski definition) is 10. The minimum atomic E-state index is -1.04. The second kappa shape index (κ2) is 5.43. The first-order chi connectivity index (χ1) is 9.04. The predicted octanol–water partition coefficient (Wildman–Crippen LogP) is -1.60. The lowest BCUT2D eigenvalue weighted by Crippen LogP contribution is -2.11. The molecular formula is C7H9N9O2S. The smallest absolute Gasteiger partial charge is 0.325 e. The van der Waals surface area contributed by atoms with Gasteiger partial charge in [0.05, 0.1) is 5.75 Å². The summed E-state index contributed by atoms with van der Waals surface area (Å²) >= 11 is 1.17. The van der Waals surface area contributed by atoms with E-state index in [1.165, 1.54) is 11.8 Å². The molecule has 0 aromatic carbocycles. The van der Waals surface area contributed by atoms with Crippen molar-refractivity contribution in [2.24, 2.45) is 0 Å². The minimum Gasteiger partial charge on any atom is -0.480 e. The van der Waals surface area contributed by atoms with E-state index in [1.807, 2.05) is 0 Å². The Morgan fingerprint density at radius 3 is 2.58 bits per heavy atom. The number of thioether (sulfide) groups is 1. The summed E-state index contributed by atoms with van der Waals surface area (Å²) < 4.78 is 1.15. The molecule has 0 aliphatic heterocycles. The van der Waals surface area contributed by atoms with Gasteiger partial charge in [-0.05, 0) is 10.4 Å². The van der Waals surface area contributed by atoms with Crippen LogP contribution in [-0.4, -0.2) is 46.2 Å². The Morgan fingerprint density at radius 1 is 1.26 bits per heavy atom. The first kappa shape index (κ1) is 12.9. The van der Waals surface area contributed by atoms with Gasteiger partial charge in [-0.3, -0.25) is 4.79 Å². The number of carboxylic acid groups (broad SMARTS) is 1. The van der Waals surface area contributed by atoms with E-state index < -0.39 is 5.97 Å². The van der Waals surface area contributed by atoms with Gasteiger partial charge < -0.3 is 16.6 Å². The molecule has 0 atom stereocenters. The van der Waals surface area contributed by atoms with Gasteiger partial charge in [-0.15, -0.1) is 5.10 Å². The third kappa shape index (κ3) is 3.48. The van der Waals surface area contributed by atoms with Crippen molar-refractivity contribution in [3.63, 3.8) is 0 Å². The fourth-order valence-corrected chi connectivity index (χ4v) is 1.91. The number of carbonyl (C=O) groups is 1. The topological polar surface area (TPSA) is 172 Å². The van der Waals surface area contributed by atoms with Crippen molar-refractivity contribution in [1.82, 2.24) is 35.2 Å². The van der Waals surface area contributed by atoms with E-state index in [2.05, 4.69) is 30.5 Å². The van der Waals surface area contributed by atoms with Crippen molar-refractivity contribution in [2.45, 2.75) is 17.5 Å². The number of rotatable bonds is 5. The van der Waals surface area contributed by atoms with Crippen LogP contribution in [0.1, 0.15) is 5.82 Å². The molecule has 12 heteroatoms. The highest BCUT2D eigenvalue weighted by atomic mass is 32.2. The lowest BCUT2D eigenvalue weighted by Gasteiger charge is -2.02. The van der Waals surface area contributed by atoms with Gasteiger partial charge in [0.25, 0.3) is 0 Å². The standard InChI is InChI=1S/C7H9N9O2S/c8-5-10-3(11-6(9)12-5)2-19-7-13-14-15-16(7)1-4(17)18/h1-2H2,(H,17,18)(H4,8,9,10,11,12). The van der Waals surface area contributed by atoms with Crippen LogP contribution in [0.3, 0.4) is 0 Å². The lowest BCUT2D eigenvalue weighted by molar-refractivity contribution is -0.138. The van der Waals surface area contributed by atoms with Gasteiger partial charge in [-0.25, -0.2) is 4.68 Å². The van der Waals surface area contributed by atoms with E-state index in [4.69, 9.17) is 16.6 Å². The summed E-state index contributed by atoms with van der Waals surface area (Å²) in [6.45, 7) is -0.323. The van der Waals surface area contributed by atoms with Crippen molar-refractivity contribution in [3.8, 4) is 0 Å². The van der Waals surface area contributed by atoms with Crippen LogP contribution in [0.2, 0.25) is 0 Å². The van der Waals surface area contributed by atoms with E-state index >= 15 is 0 Å². The summed E-state index contributed by atoms with van der Waals surface area (Å²) in [5.41, 5.74) is 10.9. The van der Waals surface area contributed by atoms with Crippen LogP contribution in [0.25, 0.3) is 0 Å². The highest BCUT2D eigenvalue weighted by Gasteiger charge is 2.11. The molecule has 0 fully saturated rings. The first-order valence-electron chi connectivity index (χ1n) is 4.91. The number of aliphatic carboxylic acids is 1. The normalized spacial score (nSPS) is 10.5. The zero-order chi connectivity index (χ0) is 13.8. The Labute approximate surface area is 110 Å². The highest BCUT2D eigenvalue weighted by Crippen LogP contribution is 2.18.